The fourth-order valence-corrected chi connectivity index (χ4v) is 5.29. The normalized spacial score (nSPS) is 16.6. The average molecular weight is 391 g/mol. The van der Waals surface area contributed by atoms with Crippen LogP contribution in [0, 0.1) is 6.92 Å². The summed E-state index contributed by atoms with van der Waals surface area (Å²) in [5.41, 5.74) is 0.859. The van der Waals surface area contributed by atoms with Crippen molar-refractivity contribution in [1.29, 1.82) is 0 Å². The molecule has 1 fully saturated rings. The summed E-state index contributed by atoms with van der Waals surface area (Å²) in [4.78, 5) is 25.7. The molecular formula is C15H26N4O4S2. The summed E-state index contributed by atoms with van der Waals surface area (Å²) >= 11 is 1.13. The van der Waals surface area contributed by atoms with Gasteiger partial charge in [-0.3, -0.25) is 9.59 Å². The van der Waals surface area contributed by atoms with Crippen LogP contribution < -0.4 is 4.87 Å². The number of carbonyl (C=O) groups is 1. The summed E-state index contributed by atoms with van der Waals surface area (Å²) in [6.07, 6.45) is 0.250. The van der Waals surface area contributed by atoms with E-state index in [1.807, 2.05) is 20.8 Å². The first kappa shape index (κ1) is 20.1. The summed E-state index contributed by atoms with van der Waals surface area (Å²) < 4.78 is 29.5. The van der Waals surface area contributed by atoms with E-state index in [9.17, 15) is 18.0 Å². The first-order valence-corrected chi connectivity index (χ1v) is 10.8. The molecule has 1 saturated heterocycles. The summed E-state index contributed by atoms with van der Waals surface area (Å²) in [6, 6.07) is 0. The Kier molecular flexibility index (Phi) is 6.78. The maximum absolute atomic E-state index is 12.5. The van der Waals surface area contributed by atoms with Gasteiger partial charge < -0.3 is 9.47 Å². The van der Waals surface area contributed by atoms with Gasteiger partial charge in [0.05, 0.1) is 0 Å². The van der Waals surface area contributed by atoms with Gasteiger partial charge in [-0.15, -0.1) is 0 Å². The Balaban J connectivity index is 1.89. The van der Waals surface area contributed by atoms with Crippen molar-refractivity contribution in [3.8, 4) is 0 Å². The van der Waals surface area contributed by atoms with Crippen LogP contribution in [0.2, 0.25) is 0 Å². The molecule has 0 atom stereocenters. The van der Waals surface area contributed by atoms with Crippen LogP contribution >= 0.6 is 11.3 Å². The third kappa shape index (κ3) is 4.49. The van der Waals surface area contributed by atoms with Crippen LogP contribution in [0.3, 0.4) is 0 Å². The quantitative estimate of drug-likeness (QED) is 0.672. The molecule has 0 bridgehead atoms. The van der Waals surface area contributed by atoms with E-state index in [4.69, 9.17) is 0 Å². The number of piperazine rings is 1. The van der Waals surface area contributed by atoms with E-state index in [0.29, 0.717) is 45.8 Å². The molecule has 1 aliphatic heterocycles. The van der Waals surface area contributed by atoms with Crippen molar-refractivity contribution < 1.29 is 13.2 Å². The number of hydrogen-bond donors (Lipinski definition) is 0. The number of carbonyl (C=O) groups excluding carboxylic acids is 1. The van der Waals surface area contributed by atoms with Crippen LogP contribution in [0.5, 0.6) is 0 Å². The smallest absolute Gasteiger partial charge is 0.307 e. The topological polar surface area (TPSA) is 82.9 Å². The second-order valence-electron chi connectivity index (χ2n) is 5.92. The molecule has 0 unspecified atom stereocenters. The monoisotopic (exact) mass is 390 g/mol. The van der Waals surface area contributed by atoms with E-state index < -0.39 is 10.2 Å². The molecule has 0 saturated carbocycles. The third-order valence-corrected chi connectivity index (χ3v) is 7.54. The zero-order valence-corrected chi connectivity index (χ0v) is 16.6. The lowest BCUT2D eigenvalue weighted by atomic mass is 10.3. The highest BCUT2D eigenvalue weighted by Gasteiger charge is 2.31. The Labute approximate surface area is 152 Å². The summed E-state index contributed by atoms with van der Waals surface area (Å²) in [5, 5.41) is 1.78. The van der Waals surface area contributed by atoms with Crippen LogP contribution in [-0.2, 0) is 21.5 Å². The van der Waals surface area contributed by atoms with Crippen molar-refractivity contribution in [2.24, 2.45) is 0 Å². The molecule has 0 aliphatic carbocycles. The molecule has 0 radical (unpaired) electrons. The highest BCUT2D eigenvalue weighted by atomic mass is 32.2. The van der Waals surface area contributed by atoms with Crippen LogP contribution in [0.25, 0.3) is 0 Å². The minimum atomic E-state index is -3.45. The fourth-order valence-electron chi connectivity index (χ4n) is 2.92. The molecule has 2 rings (SSSR count). The average Bonchev–Trinajstić information content (AvgIpc) is 2.92. The predicted molar refractivity (Wildman–Crippen MR) is 97.9 cm³/mol. The van der Waals surface area contributed by atoms with Crippen LogP contribution in [0.1, 0.15) is 26.0 Å². The molecule has 25 heavy (non-hydrogen) atoms. The summed E-state index contributed by atoms with van der Waals surface area (Å²) in [5.74, 6) is -0.0441. The molecule has 8 nitrogen and oxygen atoms in total. The highest BCUT2D eigenvalue weighted by molar-refractivity contribution is 7.86. The van der Waals surface area contributed by atoms with Crippen LogP contribution in [-0.4, -0.2) is 71.7 Å². The van der Waals surface area contributed by atoms with Crippen molar-refractivity contribution in [1.82, 2.24) is 18.1 Å². The van der Waals surface area contributed by atoms with Crippen molar-refractivity contribution in [2.75, 3.05) is 39.3 Å². The number of rotatable bonds is 7. The zero-order valence-electron chi connectivity index (χ0n) is 15.0. The number of nitrogens with zero attached hydrogens (tertiary/aromatic N) is 4. The molecule has 1 aromatic rings. The van der Waals surface area contributed by atoms with E-state index in [0.717, 1.165) is 17.0 Å². The van der Waals surface area contributed by atoms with Gasteiger partial charge in [-0.05, 0) is 6.92 Å². The van der Waals surface area contributed by atoms with Gasteiger partial charge in [0.25, 0.3) is 10.2 Å². The van der Waals surface area contributed by atoms with E-state index in [2.05, 4.69) is 0 Å². The maximum Gasteiger partial charge on any atom is 0.307 e. The Morgan fingerprint density at radius 1 is 1.20 bits per heavy atom. The molecule has 0 spiro atoms. The molecule has 142 valence electrons. The standard InChI is InChI=1S/C15H26N4O4S2/c1-4-17(5-2)25(22,23)18-10-8-16(9-11-18)14(20)6-7-19-13(3)12-24-15(19)21/h12H,4-11H2,1-3H3. The van der Waals surface area contributed by atoms with Gasteiger partial charge >= 0.3 is 4.87 Å². The number of thiazole rings is 1. The first-order valence-electron chi connectivity index (χ1n) is 8.49. The predicted octanol–water partition coefficient (Wildman–Crippen LogP) is 0.339. The lowest BCUT2D eigenvalue weighted by Gasteiger charge is -2.36. The molecule has 0 aromatic carbocycles. The molecular weight excluding hydrogens is 364 g/mol. The number of amides is 1. The van der Waals surface area contributed by atoms with Gasteiger partial charge in [0.2, 0.25) is 5.91 Å². The van der Waals surface area contributed by atoms with Gasteiger partial charge in [-0.25, -0.2) is 0 Å². The number of hydrogen-bond acceptors (Lipinski definition) is 5. The van der Waals surface area contributed by atoms with Crippen molar-refractivity contribution in [2.45, 2.75) is 33.7 Å². The fraction of sp³-hybridized carbons (Fsp3) is 0.733. The first-order chi connectivity index (χ1) is 11.8. The van der Waals surface area contributed by atoms with E-state index in [1.54, 1.807) is 14.8 Å². The Hall–Kier alpha value is -1.23. The zero-order chi connectivity index (χ0) is 18.6. The molecule has 1 aliphatic rings. The van der Waals surface area contributed by atoms with Gasteiger partial charge in [-0.2, -0.15) is 17.0 Å². The molecule has 1 amide bonds. The molecule has 2 heterocycles. The third-order valence-electron chi connectivity index (χ3n) is 4.48. The van der Waals surface area contributed by atoms with E-state index >= 15 is 0 Å². The molecule has 0 N–H and O–H groups in total. The van der Waals surface area contributed by atoms with Gasteiger partial charge in [0.1, 0.15) is 0 Å². The van der Waals surface area contributed by atoms with Crippen molar-refractivity contribution in [3.05, 3.63) is 20.7 Å². The van der Waals surface area contributed by atoms with Gasteiger partial charge in [0.15, 0.2) is 0 Å². The lowest BCUT2D eigenvalue weighted by molar-refractivity contribution is -0.132. The Morgan fingerprint density at radius 3 is 2.28 bits per heavy atom. The van der Waals surface area contributed by atoms with Crippen molar-refractivity contribution >= 4 is 27.5 Å². The SMILES string of the molecule is CCN(CC)S(=O)(=O)N1CCN(C(=O)CCn2c(C)csc2=O)CC1. The summed E-state index contributed by atoms with van der Waals surface area (Å²) in [6.45, 7) is 8.10. The minimum absolute atomic E-state index is 0.0441. The van der Waals surface area contributed by atoms with E-state index in [-0.39, 0.29) is 17.2 Å². The Bertz CT molecular complexity index is 744. The maximum atomic E-state index is 12.5. The molecule has 10 heteroatoms. The van der Waals surface area contributed by atoms with Gasteiger partial charge in [0, 0.05) is 63.3 Å². The van der Waals surface area contributed by atoms with Crippen LogP contribution in [0.4, 0.5) is 0 Å². The summed E-state index contributed by atoms with van der Waals surface area (Å²) in [7, 11) is -3.45. The van der Waals surface area contributed by atoms with Gasteiger partial charge in [-0.1, -0.05) is 25.2 Å². The largest absolute Gasteiger partial charge is 0.340 e. The minimum Gasteiger partial charge on any atom is -0.340 e. The highest BCUT2D eigenvalue weighted by Crippen LogP contribution is 2.13. The number of aryl methyl sites for hydroxylation is 1. The van der Waals surface area contributed by atoms with Crippen LogP contribution in [0.15, 0.2) is 10.2 Å². The molecule has 1 aromatic heterocycles. The van der Waals surface area contributed by atoms with E-state index in [1.165, 1.54) is 8.61 Å². The second-order valence-corrected chi connectivity index (χ2v) is 8.67. The van der Waals surface area contributed by atoms with Crippen molar-refractivity contribution in [3.63, 3.8) is 0 Å². The Morgan fingerprint density at radius 2 is 1.80 bits per heavy atom. The second kappa shape index (κ2) is 8.43. The number of aromatic nitrogens is 1. The lowest BCUT2D eigenvalue weighted by Crippen LogP contribution is -2.54.